The number of hydrogen-bond donors (Lipinski definition) is 2. The SMILES string of the molecule is CCCNc1nc(C)cc(NC2(C)CCC2)n1. The molecule has 0 saturated heterocycles. The molecule has 0 radical (unpaired) electrons. The topological polar surface area (TPSA) is 49.8 Å². The summed E-state index contributed by atoms with van der Waals surface area (Å²) in [6.07, 6.45) is 4.85. The van der Waals surface area contributed by atoms with E-state index in [4.69, 9.17) is 0 Å². The molecule has 1 aliphatic carbocycles. The monoisotopic (exact) mass is 234 g/mol. The Morgan fingerprint density at radius 3 is 2.71 bits per heavy atom. The van der Waals surface area contributed by atoms with Crippen LogP contribution >= 0.6 is 0 Å². The standard InChI is InChI=1S/C13H22N4/c1-4-8-14-12-15-10(2)9-11(16-12)17-13(3)6-5-7-13/h9H,4-8H2,1-3H3,(H2,14,15,16,17). The van der Waals surface area contributed by atoms with E-state index in [1.54, 1.807) is 0 Å². The second-order valence-electron chi connectivity index (χ2n) is 5.18. The molecule has 2 N–H and O–H groups in total. The molecule has 1 heterocycles. The van der Waals surface area contributed by atoms with E-state index >= 15 is 0 Å². The summed E-state index contributed by atoms with van der Waals surface area (Å²) in [5, 5.41) is 6.76. The summed E-state index contributed by atoms with van der Waals surface area (Å²) in [6, 6.07) is 2.01. The van der Waals surface area contributed by atoms with Crippen molar-refractivity contribution >= 4 is 11.8 Å². The summed E-state index contributed by atoms with van der Waals surface area (Å²) >= 11 is 0. The highest BCUT2D eigenvalue weighted by molar-refractivity contribution is 5.44. The van der Waals surface area contributed by atoms with Gasteiger partial charge in [-0.05, 0) is 39.5 Å². The molecule has 1 saturated carbocycles. The summed E-state index contributed by atoms with van der Waals surface area (Å²) in [4.78, 5) is 8.89. The number of aryl methyl sites for hydroxylation is 1. The second kappa shape index (κ2) is 4.90. The smallest absolute Gasteiger partial charge is 0.224 e. The lowest BCUT2D eigenvalue weighted by Crippen LogP contribution is -2.41. The fraction of sp³-hybridized carbons (Fsp3) is 0.692. The molecule has 0 aromatic carbocycles. The summed E-state index contributed by atoms with van der Waals surface area (Å²) in [6.45, 7) is 7.32. The molecule has 1 aromatic heterocycles. The minimum atomic E-state index is 0.239. The van der Waals surface area contributed by atoms with Gasteiger partial charge < -0.3 is 10.6 Å². The molecule has 4 nitrogen and oxygen atoms in total. The van der Waals surface area contributed by atoms with Crippen LogP contribution in [0, 0.1) is 6.92 Å². The number of hydrogen-bond acceptors (Lipinski definition) is 4. The van der Waals surface area contributed by atoms with Crippen molar-refractivity contribution in [3.8, 4) is 0 Å². The molecule has 94 valence electrons. The third-order valence-corrected chi connectivity index (χ3v) is 3.27. The minimum Gasteiger partial charge on any atom is -0.365 e. The Labute approximate surface area is 103 Å². The van der Waals surface area contributed by atoms with Gasteiger partial charge in [-0.3, -0.25) is 0 Å². The van der Waals surface area contributed by atoms with Crippen molar-refractivity contribution < 1.29 is 0 Å². The zero-order valence-electron chi connectivity index (χ0n) is 11.0. The van der Waals surface area contributed by atoms with Crippen molar-refractivity contribution in [1.82, 2.24) is 9.97 Å². The summed E-state index contributed by atoms with van der Waals surface area (Å²) < 4.78 is 0. The molecule has 1 aliphatic rings. The van der Waals surface area contributed by atoms with Crippen LogP contribution in [0.5, 0.6) is 0 Å². The van der Waals surface area contributed by atoms with Crippen LogP contribution in [0.15, 0.2) is 6.07 Å². The maximum absolute atomic E-state index is 4.50. The van der Waals surface area contributed by atoms with Crippen LogP contribution < -0.4 is 10.6 Å². The Kier molecular flexibility index (Phi) is 3.50. The van der Waals surface area contributed by atoms with Crippen molar-refractivity contribution in [1.29, 1.82) is 0 Å². The molecule has 0 bridgehead atoms. The highest BCUT2D eigenvalue weighted by Crippen LogP contribution is 2.34. The zero-order chi connectivity index (χ0) is 12.3. The average Bonchev–Trinajstić information content (AvgIpc) is 2.23. The quantitative estimate of drug-likeness (QED) is 0.822. The molecule has 2 rings (SSSR count). The molecule has 17 heavy (non-hydrogen) atoms. The predicted octanol–water partition coefficient (Wildman–Crippen LogP) is 2.96. The summed E-state index contributed by atoms with van der Waals surface area (Å²) in [5.41, 5.74) is 1.24. The van der Waals surface area contributed by atoms with Crippen LogP contribution in [0.1, 0.15) is 45.2 Å². The zero-order valence-corrected chi connectivity index (χ0v) is 11.0. The van der Waals surface area contributed by atoms with Crippen molar-refractivity contribution in [2.75, 3.05) is 17.2 Å². The first kappa shape index (κ1) is 12.1. The number of aromatic nitrogens is 2. The van der Waals surface area contributed by atoms with E-state index in [-0.39, 0.29) is 5.54 Å². The average molecular weight is 234 g/mol. The molecular weight excluding hydrogens is 212 g/mol. The Morgan fingerprint density at radius 2 is 2.12 bits per heavy atom. The molecule has 0 amide bonds. The molecule has 1 fully saturated rings. The normalized spacial score (nSPS) is 17.4. The Bertz CT molecular complexity index is 385. The number of nitrogens with one attached hydrogen (secondary N) is 2. The third kappa shape index (κ3) is 3.08. The van der Waals surface area contributed by atoms with Crippen LogP contribution in [0.4, 0.5) is 11.8 Å². The highest BCUT2D eigenvalue weighted by atomic mass is 15.2. The highest BCUT2D eigenvalue weighted by Gasteiger charge is 2.31. The first-order valence-electron chi connectivity index (χ1n) is 6.49. The van der Waals surface area contributed by atoms with Crippen molar-refractivity contribution in [2.45, 2.75) is 52.0 Å². The summed E-state index contributed by atoms with van der Waals surface area (Å²) in [5.74, 6) is 1.68. The molecule has 1 aromatic rings. The van der Waals surface area contributed by atoms with E-state index in [0.29, 0.717) is 0 Å². The maximum atomic E-state index is 4.50. The van der Waals surface area contributed by atoms with Gasteiger partial charge in [0.1, 0.15) is 5.82 Å². The largest absolute Gasteiger partial charge is 0.365 e. The molecule has 4 heteroatoms. The third-order valence-electron chi connectivity index (χ3n) is 3.27. The van der Waals surface area contributed by atoms with Gasteiger partial charge in [0.25, 0.3) is 0 Å². The van der Waals surface area contributed by atoms with Crippen molar-refractivity contribution in [2.24, 2.45) is 0 Å². The first-order valence-corrected chi connectivity index (χ1v) is 6.49. The van der Waals surface area contributed by atoms with Crippen LogP contribution in [-0.2, 0) is 0 Å². The van der Waals surface area contributed by atoms with Crippen LogP contribution in [0.2, 0.25) is 0 Å². The van der Waals surface area contributed by atoms with Crippen LogP contribution in [0.25, 0.3) is 0 Å². The minimum absolute atomic E-state index is 0.239. The number of rotatable bonds is 5. The van der Waals surface area contributed by atoms with Crippen LogP contribution in [-0.4, -0.2) is 22.1 Å². The Balaban J connectivity index is 2.08. The fourth-order valence-electron chi connectivity index (χ4n) is 2.09. The molecule has 0 unspecified atom stereocenters. The van der Waals surface area contributed by atoms with Gasteiger partial charge in [0, 0.05) is 23.8 Å². The lowest BCUT2D eigenvalue weighted by molar-refractivity contribution is 0.306. The van der Waals surface area contributed by atoms with E-state index in [2.05, 4.69) is 34.4 Å². The molecule has 0 atom stereocenters. The van der Waals surface area contributed by atoms with Crippen LogP contribution in [0.3, 0.4) is 0 Å². The van der Waals surface area contributed by atoms with E-state index in [9.17, 15) is 0 Å². The first-order chi connectivity index (χ1) is 8.11. The summed E-state index contributed by atoms with van der Waals surface area (Å²) in [7, 11) is 0. The molecular formula is C13H22N4. The van der Waals surface area contributed by atoms with Gasteiger partial charge in [-0.25, -0.2) is 4.98 Å². The van der Waals surface area contributed by atoms with Gasteiger partial charge >= 0.3 is 0 Å². The molecule has 0 spiro atoms. The molecule has 0 aliphatic heterocycles. The van der Waals surface area contributed by atoms with Gasteiger partial charge in [0.2, 0.25) is 5.95 Å². The Morgan fingerprint density at radius 1 is 1.35 bits per heavy atom. The maximum Gasteiger partial charge on any atom is 0.224 e. The van der Waals surface area contributed by atoms with E-state index in [0.717, 1.165) is 30.4 Å². The Hall–Kier alpha value is -1.32. The second-order valence-corrected chi connectivity index (χ2v) is 5.18. The van der Waals surface area contributed by atoms with Crippen molar-refractivity contribution in [3.05, 3.63) is 11.8 Å². The van der Waals surface area contributed by atoms with E-state index < -0.39 is 0 Å². The predicted molar refractivity (Wildman–Crippen MR) is 71.4 cm³/mol. The number of anilines is 2. The fourth-order valence-corrected chi connectivity index (χ4v) is 2.09. The van der Waals surface area contributed by atoms with Gasteiger partial charge in [-0.1, -0.05) is 6.92 Å². The van der Waals surface area contributed by atoms with Gasteiger partial charge in [0.05, 0.1) is 0 Å². The van der Waals surface area contributed by atoms with Crippen molar-refractivity contribution in [3.63, 3.8) is 0 Å². The number of nitrogens with zero attached hydrogens (tertiary/aromatic N) is 2. The lowest BCUT2D eigenvalue weighted by Gasteiger charge is -2.39. The van der Waals surface area contributed by atoms with Gasteiger partial charge in [-0.15, -0.1) is 0 Å². The van der Waals surface area contributed by atoms with E-state index in [1.165, 1.54) is 19.3 Å². The van der Waals surface area contributed by atoms with E-state index in [1.807, 2.05) is 13.0 Å². The lowest BCUT2D eigenvalue weighted by atomic mass is 9.78. The van der Waals surface area contributed by atoms with Gasteiger partial charge in [0.15, 0.2) is 0 Å². The van der Waals surface area contributed by atoms with Gasteiger partial charge in [-0.2, -0.15) is 4.98 Å².